The minimum Gasteiger partial charge on any atom is -0.381 e. The van der Waals surface area contributed by atoms with Gasteiger partial charge in [-0.2, -0.15) is 0 Å². The number of fused-ring (bicyclic) bond motifs is 1. The number of nitrogens with one attached hydrogen (secondary N) is 1. The molecule has 2 aromatic carbocycles. The van der Waals surface area contributed by atoms with E-state index in [0.717, 1.165) is 22.4 Å². The van der Waals surface area contributed by atoms with Crippen LogP contribution in [0.3, 0.4) is 0 Å². The molecular weight excluding hydrogens is 338 g/mol. The van der Waals surface area contributed by atoms with Crippen LogP contribution in [0, 0.1) is 6.92 Å². The molecule has 1 aliphatic rings. The van der Waals surface area contributed by atoms with Gasteiger partial charge in [0.05, 0.1) is 23.0 Å². The maximum absolute atomic E-state index is 13.3. The van der Waals surface area contributed by atoms with Gasteiger partial charge in [0.15, 0.2) is 0 Å². The normalized spacial score (nSPS) is 16.4. The summed E-state index contributed by atoms with van der Waals surface area (Å²) in [6, 6.07) is 16.3. The number of carbonyl (C=O) groups is 1. The lowest BCUT2D eigenvalue weighted by atomic mass is 9.73. The number of para-hydroxylation sites is 2. The summed E-state index contributed by atoms with van der Waals surface area (Å²) in [5.41, 5.74) is 3.75. The Labute approximate surface area is 159 Å². The van der Waals surface area contributed by atoms with E-state index in [1.54, 1.807) is 0 Å². The van der Waals surface area contributed by atoms with Crippen LogP contribution in [0.4, 0.5) is 0 Å². The van der Waals surface area contributed by atoms with Crippen LogP contribution in [-0.2, 0) is 28.5 Å². The van der Waals surface area contributed by atoms with Crippen molar-refractivity contribution < 1.29 is 9.53 Å². The van der Waals surface area contributed by atoms with Gasteiger partial charge in [0.1, 0.15) is 5.82 Å². The van der Waals surface area contributed by atoms with Gasteiger partial charge in [-0.05, 0) is 37.5 Å². The number of carbonyl (C=O) groups excluding carboxylic acids is 1. The molecule has 0 atom stereocenters. The number of hydrogen-bond donors (Lipinski definition) is 1. The summed E-state index contributed by atoms with van der Waals surface area (Å²) in [5, 5.41) is 3.15. The van der Waals surface area contributed by atoms with Gasteiger partial charge in [-0.25, -0.2) is 4.98 Å². The summed E-state index contributed by atoms with van der Waals surface area (Å²) in [6.07, 6.45) is 1.40. The van der Waals surface area contributed by atoms with Crippen LogP contribution < -0.4 is 5.32 Å². The smallest absolute Gasteiger partial charge is 0.231 e. The van der Waals surface area contributed by atoms with Crippen LogP contribution in [0.1, 0.15) is 29.8 Å². The highest BCUT2D eigenvalue weighted by Gasteiger charge is 2.41. The first kappa shape index (κ1) is 17.7. The molecule has 1 aliphatic heterocycles. The average Bonchev–Trinajstić information content (AvgIpc) is 3.03. The zero-order valence-corrected chi connectivity index (χ0v) is 15.9. The fourth-order valence-electron chi connectivity index (χ4n) is 3.92. The van der Waals surface area contributed by atoms with Crippen LogP contribution in [0.2, 0.25) is 0 Å². The third-order valence-electron chi connectivity index (χ3n) is 5.67. The summed E-state index contributed by atoms with van der Waals surface area (Å²) in [7, 11) is 1.99. The third-order valence-corrected chi connectivity index (χ3v) is 5.67. The topological polar surface area (TPSA) is 56.2 Å². The van der Waals surface area contributed by atoms with E-state index in [1.807, 2.05) is 35.9 Å². The second kappa shape index (κ2) is 7.16. The first-order chi connectivity index (χ1) is 13.1. The molecule has 0 aliphatic carbocycles. The monoisotopic (exact) mass is 363 g/mol. The molecule has 1 aromatic heterocycles. The van der Waals surface area contributed by atoms with Crippen molar-refractivity contribution in [2.75, 3.05) is 13.2 Å². The number of hydrogen-bond acceptors (Lipinski definition) is 3. The van der Waals surface area contributed by atoms with E-state index < -0.39 is 5.41 Å². The van der Waals surface area contributed by atoms with E-state index in [2.05, 4.69) is 41.5 Å². The minimum atomic E-state index is -0.531. The maximum Gasteiger partial charge on any atom is 0.231 e. The number of aryl methyl sites for hydroxylation is 2. The van der Waals surface area contributed by atoms with Crippen molar-refractivity contribution in [3.8, 4) is 0 Å². The second-order valence-corrected chi connectivity index (χ2v) is 7.32. The Kier molecular flexibility index (Phi) is 4.70. The predicted octanol–water partition coefficient (Wildman–Crippen LogP) is 3.25. The van der Waals surface area contributed by atoms with Crippen molar-refractivity contribution in [3.05, 3.63) is 65.5 Å². The SMILES string of the molecule is Cc1ccc(C2(C(=O)NCc3nc4ccccc4n3C)CCOCC2)cc1. The van der Waals surface area contributed by atoms with Gasteiger partial charge in [0.25, 0.3) is 0 Å². The molecule has 0 radical (unpaired) electrons. The Morgan fingerprint density at radius 2 is 1.85 bits per heavy atom. The number of ether oxygens (including phenoxy) is 1. The van der Waals surface area contributed by atoms with Crippen molar-refractivity contribution in [1.82, 2.24) is 14.9 Å². The van der Waals surface area contributed by atoms with Crippen molar-refractivity contribution in [1.29, 1.82) is 0 Å². The summed E-state index contributed by atoms with van der Waals surface area (Å²) in [5.74, 6) is 0.914. The predicted molar refractivity (Wildman–Crippen MR) is 105 cm³/mol. The lowest BCUT2D eigenvalue weighted by molar-refractivity contribution is -0.130. The molecule has 27 heavy (non-hydrogen) atoms. The third kappa shape index (κ3) is 3.23. The largest absolute Gasteiger partial charge is 0.381 e. The van der Waals surface area contributed by atoms with Crippen molar-refractivity contribution in [3.63, 3.8) is 0 Å². The molecule has 1 N–H and O–H groups in total. The number of nitrogens with zero attached hydrogens (tertiary/aromatic N) is 2. The number of aromatic nitrogens is 2. The Morgan fingerprint density at radius 1 is 1.15 bits per heavy atom. The Balaban J connectivity index is 1.58. The molecule has 2 heterocycles. The lowest BCUT2D eigenvalue weighted by Crippen LogP contribution is -2.48. The average molecular weight is 363 g/mol. The highest BCUT2D eigenvalue weighted by molar-refractivity contribution is 5.88. The van der Waals surface area contributed by atoms with Gasteiger partial charge in [-0.3, -0.25) is 4.79 Å². The zero-order valence-electron chi connectivity index (χ0n) is 15.9. The Morgan fingerprint density at radius 3 is 2.56 bits per heavy atom. The first-order valence-corrected chi connectivity index (χ1v) is 9.44. The van der Waals surface area contributed by atoms with Gasteiger partial charge in [0.2, 0.25) is 5.91 Å². The molecule has 1 amide bonds. The molecule has 4 rings (SSSR count). The first-order valence-electron chi connectivity index (χ1n) is 9.44. The second-order valence-electron chi connectivity index (χ2n) is 7.32. The van der Waals surface area contributed by atoms with Gasteiger partial charge in [-0.1, -0.05) is 42.0 Å². The van der Waals surface area contributed by atoms with E-state index >= 15 is 0 Å². The quantitative estimate of drug-likeness (QED) is 0.774. The molecule has 0 spiro atoms. The number of benzene rings is 2. The lowest BCUT2D eigenvalue weighted by Gasteiger charge is -2.36. The maximum atomic E-state index is 13.3. The Hall–Kier alpha value is -2.66. The summed E-state index contributed by atoms with van der Waals surface area (Å²) in [6.45, 7) is 3.69. The molecule has 0 unspecified atom stereocenters. The Bertz CT molecular complexity index is 953. The standard InChI is InChI=1S/C22H25N3O2/c1-16-7-9-17(10-8-16)22(11-13-27-14-12-22)21(26)23-15-20-24-18-5-3-4-6-19(18)25(20)2/h3-10H,11-15H2,1-2H3,(H,23,26). The molecular formula is C22H25N3O2. The van der Waals surface area contributed by atoms with Crippen molar-refractivity contribution in [2.24, 2.45) is 7.05 Å². The van der Waals surface area contributed by atoms with Crippen LogP contribution in [0.15, 0.2) is 48.5 Å². The fourth-order valence-corrected chi connectivity index (χ4v) is 3.92. The van der Waals surface area contributed by atoms with Gasteiger partial charge < -0.3 is 14.6 Å². The van der Waals surface area contributed by atoms with E-state index in [-0.39, 0.29) is 5.91 Å². The summed E-state index contributed by atoms with van der Waals surface area (Å²) >= 11 is 0. The molecule has 3 aromatic rings. The van der Waals surface area contributed by atoms with Crippen LogP contribution >= 0.6 is 0 Å². The minimum absolute atomic E-state index is 0.0571. The van der Waals surface area contributed by atoms with Gasteiger partial charge in [0, 0.05) is 20.3 Å². The summed E-state index contributed by atoms with van der Waals surface area (Å²) < 4.78 is 7.59. The molecule has 5 nitrogen and oxygen atoms in total. The van der Waals surface area contributed by atoms with Gasteiger partial charge >= 0.3 is 0 Å². The number of imidazole rings is 1. The number of rotatable bonds is 4. The van der Waals surface area contributed by atoms with E-state index in [1.165, 1.54) is 5.56 Å². The van der Waals surface area contributed by atoms with Crippen LogP contribution in [0.25, 0.3) is 11.0 Å². The van der Waals surface area contributed by atoms with Crippen molar-refractivity contribution in [2.45, 2.75) is 31.7 Å². The highest BCUT2D eigenvalue weighted by atomic mass is 16.5. The summed E-state index contributed by atoms with van der Waals surface area (Å²) in [4.78, 5) is 18.0. The van der Waals surface area contributed by atoms with Crippen LogP contribution in [-0.4, -0.2) is 28.7 Å². The van der Waals surface area contributed by atoms with E-state index in [0.29, 0.717) is 32.6 Å². The zero-order chi connectivity index (χ0) is 18.9. The highest BCUT2D eigenvalue weighted by Crippen LogP contribution is 2.35. The van der Waals surface area contributed by atoms with E-state index in [4.69, 9.17) is 4.74 Å². The molecule has 0 bridgehead atoms. The fraction of sp³-hybridized carbons (Fsp3) is 0.364. The molecule has 140 valence electrons. The van der Waals surface area contributed by atoms with Gasteiger partial charge in [-0.15, -0.1) is 0 Å². The molecule has 5 heteroatoms. The number of amides is 1. The molecule has 1 saturated heterocycles. The molecule has 0 saturated carbocycles. The van der Waals surface area contributed by atoms with E-state index in [9.17, 15) is 4.79 Å². The van der Waals surface area contributed by atoms with Crippen LogP contribution in [0.5, 0.6) is 0 Å². The molecule has 1 fully saturated rings. The van der Waals surface area contributed by atoms with Crippen molar-refractivity contribution >= 4 is 16.9 Å².